The maximum absolute atomic E-state index is 14.0. The van der Waals surface area contributed by atoms with Gasteiger partial charge in [-0.3, -0.25) is 0 Å². The number of hydrogen-bond acceptors (Lipinski definition) is 4. The Hall–Kier alpha value is -2.03. The summed E-state index contributed by atoms with van der Waals surface area (Å²) in [6.45, 7) is -2.89. The molecule has 4 atom stereocenters. The van der Waals surface area contributed by atoms with Gasteiger partial charge in [0.15, 0.2) is 0 Å². The first-order valence-corrected chi connectivity index (χ1v) is 8.66. The molecule has 4 unspecified atom stereocenters. The molecule has 1 aromatic heterocycles. The lowest BCUT2D eigenvalue weighted by atomic mass is 9.65. The van der Waals surface area contributed by atoms with Gasteiger partial charge in [-0.25, -0.2) is 14.2 Å². The van der Waals surface area contributed by atoms with Gasteiger partial charge in [0.1, 0.15) is 6.17 Å². The molecule has 144 valence electrons. The third-order valence-electron chi connectivity index (χ3n) is 5.25. The summed E-state index contributed by atoms with van der Waals surface area (Å²) < 4.78 is 42.6. The van der Waals surface area contributed by atoms with Crippen LogP contribution in [0.3, 0.4) is 0 Å². The molecule has 3 rings (SSSR count). The van der Waals surface area contributed by atoms with Crippen LogP contribution in [0, 0.1) is 5.92 Å². The van der Waals surface area contributed by atoms with Crippen LogP contribution in [-0.4, -0.2) is 40.5 Å². The summed E-state index contributed by atoms with van der Waals surface area (Å²) >= 11 is 0. The van der Waals surface area contributed by atoms with Gasteiger partial charge in [-0.05, 0) is 36.8 Å². The number of urea groups is 1. The number of rotatable bonds is 5. The summed E-state index contributed by atoms with van der Waals surface area (Å²) in [6.07, 6.45) is 1.92. The number of carbonyl (C=O) groups is 1. The van der Waals surface area contributed by atoms with E-state index in [4.69, 9.17) is 0 Å². The van der Waals surface area contributed by atoms with Gasteiger partial charge in [-0.15, -0.1) is 0 Å². The zero-order valence-electron chi connectivity index (χ0n) is 14.1. The van der Waals surface area contributed by atoms with Crippen molar-refractivity contribution in [3.05, 3.63) is 23.9 Å². The van der Waals surface area contributed by atoms with Gasteiger partial charge in [0.05, 0.1) is 11.6 Å². The number of nitrogens with one attached hydrogen (secondary N) is 2. The molecule has 2 aliphatic rings. The second-order valence-corrected chi connectivity index (χ2v) is 6.97. The third-order valence-corrected chi connectivity index (χ3v) is 5.25. The summed E-state index contributed by atoms with van der Waals surface area (Å²) in [5.41, 5.74) is -0.268. The largest absolute Gasteiger partial charge is 0.417 e. The Labute approximate surface area is 149 Å². The fourth-order valence-corrected chi connectivity index (χ4v) is 3.96. The van der Waals surface area contributed by atoms with Crippen molar-refractivity contribution in [2.75, 3.05) is 0 Å². The Morgan fingerprint density at radius 3 is 3.08 bits per heavy atom. The summed E-state index contributed by atoms with van der Waals surface area (Å²) in [7, 11) is 0. The van der Waals surface area contributed by atoms with E-state index in [2.05, 4.69) is 20.4 Å². The second kappa shape index (κ2) is 7.69. The molecule has 2 aliphatic carbocycles. The number of aromatic nitrogens is 1. The van der Waals surface area contributed by atoms with Crippen LogP contribution in [-0.2, 0) is 6.54 Å². The monoisotopic (exact) mass is 373 g/mol. The Balaban J connectivity index is 1.57. The highest BCUT2D eigenvalue weighted by atomic mass is 19.3. The van der Waals surface area contributed by atoms with Crippen LogP contribution in [0.25, 0.3) is 0 Å². The number of aliphatic hydroxyl groups excluding tert-OH is 1. The number of hydrogen-bond donors (Lipinski definition) is 3. The summed E-state index contributed by atoms with van der Waals surface area (Å²) in [4.78, 5) is 15.9. The smallest absolute Gasteiger partial charge is 0.388 e. The van der Waals surface area contributed by atoms with Crippen LogP contribution in [0.1, 0.15) is 37.7 Å². The number of aliphatic hydroxyl groups is 1. The van der Waals surface area contributed by atoms with Gasteiger partial charge in [-0.1, -0.05) is 6.42 Å². The molecule has 2 saturated carbocycles. The van der Waals surface area contributed by atoms with Gasteiger partial charge in [0, 0.05) is 25.2 Å². The van der Waals surface area contributed by atoms with Crippen molar-refractivity contribution in [2.45, 2.75) is 63.1 Å². The molecule has 6 nitrogen and oxygen atoms in total. The van der Waals surface area contributed by atoms with Crippen molar-refractivity contribution in [3.63, 3.8) is 0 Å². The fraction of sp³-hybridized carbons (Fsp3) is 0.647. The van der Waals surface area contributed by atoms with Crippen molar-refractivity contribution in [3.8, 4) is 5.88 Å². The molecule has 1 aromatic rings. The lowest BCUT2D eigenvalue weighted by molar-refractivity contribution is -0.0531. The topological polar surface area (TPSA) is 83.5 Å². The predicted molar refractivity (Wildman–Crippen MR) is 86.4 cm³/mol. The molecule has 0 aliphatic heterocycles. The molecule has 9 heteroatoms. The zero-order valence-corrected chi connectivity index (χ0v) is 14.1. The quantitative estimate of drug-likeness (QED) is 0.741. The maximum atomic E-state index is 14.0. The SMILES string of the molecule is O=C(NCc1ccnc(OC(F)F)c1)NC12CCCC(C1)C(F)CC2O. The van der Waals surface area contributed by atoms with Crippen molar-refractivity contribution < 1.29 is 27.8 Å². The zero-order chi connectivity index (χ0) is 18.7. The van der Waals surface area contributed by atoms with E-state index in [1.807, 2.05) is 0 Å². The Kier molecular flexibility index (Phi) is 5.55. The van der Waals surface area contributed by atoms with Gasteiger partial charge in [0.25, 0.3) is 0 Å². The van der Waals surface area contributed by atoms with E-state index in [0.717, 1.165) is 12.8 Å². The Bertz CT molecular complexity index is 649. The average Bonchev–Trinajstić information content (AvgIpc) is 2.59. The number of carbonyl (C=O) groups excluding carboxylic acids is 1. The lowest BCUT2D eigenvalue weighted by Gasteiger charge is -2.49. The Morgan fingerprint density at radius 2 is 2.31 bits per heavy atom. The van der Waals surface area contributed by atoms with E-state index in [0.29, 0.717) is 18.4 Å². The van der Waals surface area contributed by atoms with Crippen LogP contribution >= 0.6 is 0 Å². The number of fused-ring (bicyclic) bond motifs is 2. The molecule has 2 fully saturated rings. The minimum Gasteiger partial charge on any atom is -0.417 e. The molecule has 2 bridgehead atoms. The van der Waals surface area contributed by atoms with Gasteiger partial charge < -0.3 is 20.5 Å². The van der Waals surface area contributed by atoms with Crippen molar-refractivity contribution in [2.24, 2.45) is 5.92 Å². The van der Waals surface area contributed by atoms with Crippen molar-refractivity contribution in [1.29, 1.82) is 0 Å². The molecule has 3 N–H and O–H groups in total. The first-order valence-electron chi connectivity index (χ1n) is 8.66. The normalized spacial score (nSPS) is 30.7. The fourth-order valence-electron chi connectivity index (χ4n) is 3.96. The minimum atomic E-state index is -2.97. The molecule has 0 radical (unpaired) electrons. The van der Waals surface area contributed by atoms with E-state index in [1.165, 1.54) is 12.3 Å². The van der Waals surface area contributed by atoms with E-state index < -0.39 is 30.5 Å². The number of pyridine rings is 1. The van der Waals surface area contributed by atoms with Gasteiger partial charge in [0.2, 0.25) is 5.88 Å². The second-order valence-electron chi connectivity index (χ2n) is 6.97. The summed E-state index contributed by atoms with van der Waals surface area (Å²) in [5, 5.41) is 15.8. The highest BCUT2D eigenvalue weighted by Gasteiger charge is 2.50. The van der Waals surface area contributed by atoms with E-state index in [1.54, 1.807) is 6.07 Å². The first-order chi connectivity index (χ1) is 12.4. The molecule has 0 saturated heterocycles. The number of alkyl halides is 3. The summed E-state index contributed by atoms with van der Waals surface area (Å²) in [6, 6.07) is 2.39. The number of ether oxygens (including phenoxy) is 1. The molecule has 2 amide bonds. The van der Waals surface area contributed by atoms with Gasteiger partial charge >= 0.3 is 12.6 Å². The van der Waals surface area contributed by atoms with E-state index in [9.17, 15) is 23.1 Å². The molecule has 0 aromatic carbocycles. The number of amides is 2. The lowest BCUT2D eigenvalue weighted by Crippen LogP contribution is -2.64. The predicted octanol–water partition coefficient (Wildman–Crippen LogP) is 2.51. The summed E-state index contributed by atoms with van der Waals surface area (Å²) in [5.74, 6) is -0.369. The van der Waals surface area contributed by atoms with Crippen LogP contribution in [0.15, 0.2) is 18.3 Å². The van der Waals surface area contributed by atoms with Gasteiger partial charge in [-0.2, -0.15) is 8.78 Å². The molecule has 1 heterocycles. The van der Waals surface area contributed by atoms with Crippen LogP contribution < -0.4 is 15.4 Å². The Morgan fingerprint density at radius 1 is 1.50 bits per heavy atom. The van der Waals surface area contributed by atoms with Crippen molar-refractivity contribution in [1.82, 2.24) is 15.6 Å². The molecule has 0 spiro atoms. The number of nitrogens with zero attached hydrogens (tertiary/aromatic N) is 1. The first kappa shape index (κ1) is 18.8. The van der Waals surface area contributed by atoms with E-state index in [-0.39, 0.29) is 24.8 Å². The minimum absolute atomic E-state index is 0.0314. The molecular formula is C17H22F3N3O3. The maximum Gasteiger partial charge on any atom is 0.388 e. The highest BCUT2D eigenvalue weighted by Crippen LogP contribution is 2.44. The van der Waals surface area contributed by atoms with E-state index >= 15 is 0 Å². The third kappa shape index (κ3) is 4.20. The highest BCUT2D eigenvalue weighted by molar-refractivity contribution is 5.75. The van der Waals surface area contributed by atoms with Crippen LogP contribution in [0.2, 0.25) is 0 Å². The van der Waals surface area contributed by atoms with Crippen LogP contribution in [0.5, 0.6) is 5.88 Å². The van der Waals surface area contributed by atoms with Crippen molar-refractivity contribution >= 4 is 6.03 Å². The molecule has 26 heavy (non-hydrogen) atoms. The molecular weight excluding hydrogens is 351 g/mol. The standard InChI is InChI=1S/C17H22F3N3O3/c18-12-7-13(24)17(4-1-2-11(12)8-17)23-16(25)22-9-10-3-5-21-14(6-10)26-15(19)20/h3,5-6,11-13,15,24H,1-2,4,7-9H2,(H2,22,23,25). The number of halogens is 3. The van der Waals surface area contributed by atoms with Crippen LogP contribution in [0.4, 0.5) is 18.0 Å². The average molecular weight is 373 g/mol.